The first kappa shape index (κ1) is 16.3. The van der Waals surface area contributed by atoms with Crippen molar-refractivity contribution in [3.8, 4) is 0 Å². The van der Waals surface area contributed by atoms with Gasteiger partial charge in [-0.3, -0.25) is 4.79 Å². The van der Waals surface area contributed by atoms with Crippen LogP contribution in [-0.2, 0) is 12.7 Å². The average Bonchev–Trinajstić information content (AvgIpc) is 2.44. The van der Waals surface area contributed by atoms with Gasteiger partial charge >= 0.3 is 6.18 Å². The van der Waals surface area contributed by atoms with E-state index in [-0.39, 0.29) is 22.7 Å². The first-order valence-corrected chi connectivity index (χ1v) is 6.55. The highest BCUT2D eigenvalue weighted by molar-refractivity contribution is 6.33. The van der Waals surface area contributed by atoms with Crippen molar-refractivity contribution in [1.29, 1.82) is 0 Å². The third-order valence-corrected chi connectivity index (χ3v) is 3.25. The van der Waals surface area contributed by atoms with E-state index in [1.807, 2.05) is 0 Å². The molecule has 0 radical (unpaired) electrons. The van der Waals surface area contributed by atoms with Crippen LogP contribution in [0, 0.1) is 5.82 Å². The number of carbonyl (C=O) groups is 1. The van der Waals surface area contributed by atoms with Crippen molar-refractivity contribution in [3.63, 3.8) is 0 Å². The summed E-state index contributed by atoms with van der Waals surface area (Å²) in [6.07, 6.45) is -4.51. The van der Waals surface area contributed by atoms with E-state index < -0.39 is 23.5 Å². The summed E-state index contributed by atoms with van der Waals surface area (Å²) in [6.45, 7) is -0.317. The SMILES string of the molecule is O=C(NCc1ccccc1C(F)(F)F)c1ccc(F)cc1Cl. The second-order valence-corrected chi connectivity index (χ2v) is 4.87. The molecule has 22 heavy (non-hydrogen) atoms. The molecule has 2 rings (SSSR count). The zero-order valence-corrected chi connectivity index (χ0v) is 11.8. The van der Waals surface area contributed by atoms with E-state index in [1.54, 1.807) is 0 Å². The van der Waals surface area contributed by atoms with Crippen LogP contribution in [0.25, 0.3) is 0 Å². The molecule has 1 amide bonds. The lowest BCUT2D eigenvalue weighted by molar-refractivity contribution is -0.138. The number of carbonyl (C=O) groups excluding carboxylic acids is 1. The van der Waals surface area contributed by atoms with Crippen LogP contribution in [0.5, 0.6) is 0 Å². The molecule has 0 fully saturated rings. The van der Waals surface area contributed by atoms with Gasteiger partial charge in [0.25, 0.3) is 5.91 Å². The normalized spacial score (nSPS) is 11.3. The first-order chi connectivity index (χ1) is 10.3. The van der Waals surface area contributed by atoms with Gasteiger partial charge in [0.2, 0.25) is 0 Å². The second-order valence-electron chi connectivity index (χ2n) is 4.46. The molecular formula is C15H10ClF4NO. The standard InChI is InChI=1S/C15H10ClF4NO/c16-13-7-10(17)5-6-11(13)14(22)21-8-9-3-1-2-4-12(9)15(18,19)20/h1-7H,8H2,(H,21,22). The Morgan fingerprint density at radius 3 is 2.45 bits per heavy atom. The summed E-state index contributed by atoms with van der Waals surface area (Å²) < 4.78 is 51.4. The molecule has 0 heterocycles. The Morgan fingerprint density at radius 1 is 1.14 bits per heavy atom. The highest BCUT2D eigenvalue weighted by Gasteiger charge is 2.32. The minimum Gasteiger partial charge on any atom is -0.348 e. The predicted molar refractivity (Wildman–Crippen MR) is 74.0 cm³/mol. The van der Waals surface area contributed by atoms with Crippen LogP contribution in [0.1, 0.15) is 21.5 Å². The van der Waals surface area contributed by atoms with Gasteiger partial charge < -0.3 is 5.32 Å². The number of benzene rings is 2. The molecule has 0 aliphatic carbocycles. The number of halogens is 5. The zero-order valence-electron chi connectivity index (χ0n) is 11.0. The van der Waals surface area contributed by atoms with Crippen molar-refractivity contribution in [2.24, 2.45) is 0 Å². The highest BCUT2D eigenvalue weighted by atomic mass is 35.5. The second kappa shape index (κ2) is 6.36. The Hall–Kier alpha value is -2.08. The number of hydrogen-bond donors (Lipinski definition) is 1. The van der Waals surface area contributed by atoms with Crippen molar-refractivity contribution in [3.05, 3.63) is 70.0 Å². The number of amides is 1. The number of nitrogens with one attached hydrogen (secondary N) is 1. The topological polar surface area (TPSA) is 29.1 Å². The summed E-state index contributed by atoms with van der Waals surface area (Å²) in [4.78, 5) is 11.9. The molecule has 2 aromatic carbocycles. The van der Waals surface area contributed by atoms with E-state index in [0.717, 1.165) is 18.2 Å². The van der Waals surface area contributed by atoms with Gasteiger partial charge in [0.15, 0.2) is 0 Å². The van der Waals surface area contributed by atoms with Crippen LogP contribution in [-0.4, -0.2) is 5.91 Å². The maximum Gasteiger partial charge on any atom is 0.416 e. The molecular weight excluding hydrogens is 322 g/mol. The van der Waals surface area contributed by atoms with Gasteiger partial charge in [-0.25, -0.2) is 4.39 Å². The lowest BCUT2D eigenvalue weighted by Crippen LogP contribution is -2.24. The van der Waals surface area contributed by atoms with E-state index in [4.69, 9.17) is 11.6 Å². The largest absolute Gasteiger partial charge is 0.416 e. The molecule has 7 heteroatoms. The molecule has 1 N–H and O–H groups in total. The lowest BCUT2D eigenvalue weighted by Gasteiger charge is -2.13. The van der Waals surface area contributed by atoms with Crippen molar-refractivity contribution in [2.75, 3.05) is 0 Å². The van der Waals surface area contributed by atoms with Gasteiger partial charge in [-0.2, -0.15) is 13.2 Å². The van der Waals surface area contributed by atoms with Gasteiger partial charge in [-0.05, 0) is 29.8 Å². The fourth-order valence-electron chi connectivity index (χ4n) is 1.90. The molecule has 0 bridgehead atoms. The van der Waals surface area contributed by atoms with Crippen LogP contribution in [0.15, 0.2) is 42.5 Å². The van der Waals surface area contributed by atoms with Crippen LogP contribution in [0.4, 0.5) is 17.6 Å². The van der Waals surface area contributed by atoms with Gasteiger partial charge in [0.05, 0.1) is 16.1 Å². The molecule has 0 unspecified atom stereocenters. The molecule has 0 saturated heterocycles. The molecule has 2 nitrogen and oxygen atoms in total. The van der Waals surface area contributed by atoms with E-state index in [0.29, 0.717) is 0 Å². The maximum absolute atomic E-state index is 12.9. The lowest BCUT2D eigenvalue weighted by atomic mass is 10.1. The summed E-state index contributed by atoms with van der Waals surface area (Å²) in [5, 5.41) is 2.23. The Bertz CT molecular complexity index is 700. The van der Waals surface area contributed by atoms with Crippen molar-refractivity contribution in [1.82, 2.24) is 5.32 Å². The zero-order chi connectivity index (χ0) is 16.3. The average molecular weight is 332 g/mol. The molecule has 0 aliphatic rings. The summed E-state index contributed by atoms with van der Waals surface area (Å²) >= 11 is 5.73. The number of alkyl halides is 3. The van der Waals surface area contributed by atoms with E-state index >= 15 is 0 Å². The van der Waals surface area contributed by atoms with Gasteiger partial charge in [0.1, 0.15) is 5.82 Å². The monoisotopic (exact) mass is 331 g/mol. The van der Waals surface area contributed by atoms with E-state index in [9.17, 15) is 22.4 Å². The number of hydrogen-bond acceptors (Lipinski definition) is 1. The summed E-state index contributed by atoms with van der Waals surface area (Å²) in [7, 11) is 0. The van der Waals surface area contributed by atoms with Crippen molar-refractivity contribution >= 4 is 17.5 Å². The van der Waals surface area contributed by atoms with Gasteiger partial charge in [-0.1, -0.05) is 29.8 Å². The molecule has 0 saturated carbocycles. The molecule has 0 aliphatic heterocycles. The Labute approximate surface area is 128 Å². The van der Waals surface area contributed by atoms with Gasteiger partial charge in [-0.15, -0.1) is 0 Å². The minimum absolute atomic E-state index is 0.00689. The first-order valence-electron chi connectivity index (χ1n) is 6.17. The Kier molecular flexibility index (Phi) is 4.71. The maximum atomic E-state index is 12.9. The fraction of sp³-hybridized carbons (Fsp3) is 0.133. The third kappa shape index (κ3) is 3.76. The van der Waals surface area contributed by atoms with Crippen LogP contribution < -0.4 is 5.32 Å². The molecule has 2 aromatic rings. The molecule has 0 atom stereocenters. The third-order valence-electron chi connectivity index (χ3n) is 2.94. The van der Waals surface area contributed by atoms with E-state index in [1.165, 1.54) is 24.3 Å². The summed E-state index contributed by atoms with van der Waals surface area (Å²) in [6, 6.07) is 8.10. The molecule has 0 aromatic heterocycles. The van der Waals surface area contributed by atoms with Crippen LogP contribution in [0.2, 0.25) is 5.02 Å². The van der Waals surface area contributed by atoms with Crippen molar-refractivity contribution < 1.29 is 22.4 Å². The van der Waals surface area contributed by atoms with Crippen LogP contribution >= 0.6 is 11.6 Å². The summed E-state index contributed by atoms with van der Waals surface area (Å²) in [5.41, 5.74) is -0.894. The Morgan fingerprint density at radius 2 is 1.82 bits per heavy atom. The highest BCUT2D eigenvalue weighted by Crippen LogP contribution is 2.31. The minimum atomic E-state index is -4.51. The smallest absolute Gasteiger partial charge is 0.348 e. The predicted octanol–water partition coefficient (Wildman–Crippen LogP) is 4.43. The summed E-state index contributed by atoms with van der Waals surface area (Å²) in [5.74, 6) is -1.29. The Balaban J connectivity index is 2.15. The quantitative estimate of drug-likeness (QED) is 0.828. The van der Waals surface area contributed by atoms with Crippen LogP contribution in [0.3, 0.4) is 0 Å². The van der Waals surface area contributed by atoms with Gasteiger partial charge in [0, 0.05) is 6.54 Å². The van der Waals surface area contributed by atoms with Crippen molar-refractivity contribution in [2.45, 2.75) is 12.7 Å². The fourth-order valence-corrected chi connectivity index (χ4v) is 2.15. The van der Waals surface area contributed by atoms with E-state index in [2.05, 4.69) is 5.32 Å². The molecule has 0 spiro atoms. The number of rotatable bonds is 3. The molecule has 116 valence electrons.